The van der Waals surface area contributed by atoms with Gasteiger partial charge in [-0.3, -0.25) is 4.79 Å². The predicted molar refractivity (Wildman–Crippen MR) is 138 cm³/mol. The SMILES string of the molecule is CNCCCCCNC(=O)Nc1ccc(-c2c3ccc(=O)cc-3oc3cc(O)ccc23)c(C(=O)O)c1. The van der Waals surface area contributed by atoms with Crippen LogP contribution in [0, 0.1) is 0 Å². The quantitative estimate of drug-likeness (QED) is 0.172. The molecule has 1 heterocycles. The van der Waals surface area contributed by atoms with Crippen molar-refractivity contribution in [3.05, 3.63) is 70.4 Å². The van der Waals surface area contributed by atoms with Crippen LogP contribution in [0.2, 0.25) is 0 Å². The fourth-order valence-corrected chi connectivity index (χ4v) is 4.15. The Morgan fingerprint density at radius 1 is 0.917 bits per heavy atom. The van der Waals surface area contributed by atoms with E-state index in [0.717, 1.165) is 25.8 Å². The minimum atomic E-state index is -1.18. The highest BCUT2D eigenvalue weighted by atomic mass is 16.4. The molecule has 2 aromatic rings. The number of aromatic carboxylic acids is 1. The average Bonchev–Trinajstić information content (AvgIpc) is 2.84. The zero-order chi connectivity index (χ0) is 25.7. The number of fused-ring (bicyclic) bond motifs is 2. The minimum Gasteiger partial charge on any atom is -0.508 e. The van der Waals surface area contributed by atoms with Gasteiger partial charge in [-0.05, 0) is 68.4 Å². The van der Waals surface area contributed by atoms with E-state index < -0.39 is 12.0 Å². The lowest BCUT2D eigenvalue weighted by molar-refractivity contribution is 0.0697. The molecule has 186 valence electrons. The second kappa shape index (κ2) is 10.9. The number of anilines is 1. The first-order chi connectivity index (χ1) is 17.4. The Bertz CT molecular complexity index is 1450. The Balaban J connectivity index is 1.68. The van der Waals surface area contributed by atoms with Crippen molar-refractivity contribution in [3.63, 3.8) is 0 Å². The first-order valence-corrected chi connectivity index (χ1v) is 11.6. The van der Waals surface area contributed by atoms with Crippen molar-refractivity contribution >= 4 is 28.7 Å². The third-order valence-electron chi connectivity index (χ3n) is 5.84. The third-order valence-corrected chi connectivity index (χ3v) is 5.84. The van der Waals surface area contributed by atoms with Crippen molar-refractivity contribution in [2.45, 2.75) is 19.3 Å². The largest absolute Gasteiger partial charge is 0.508 e. The van der Waals surface area contributed by atoms with Gasteiger partial charge in [0.25, 0.3) is 0 Å². The standard InChI is InChI=1S/C27H27N3O6/c1-28-11-3-2-4-12-29-27(35)30-16-5-8-19(22(13-16)26(33)34)25-20-9-6-17(31)14-23(20)36-24-15-18(32)7-10-21(24)25/h5-10,13-15,28,31H,2-4,11-12H2,1H3,(H,33,34)(H2,29,30,35). The lowest BCUT2D eigenvalue weighted by atomic mass is 9.90. The molecule has 9 heteroatoms. The maximum atomic E-state index is 12.3. The Hall–Kier alpha value is -4.37. The number of phenols is 1. The second-order valence-electron chi connectivity index (χ2n) is 8.43. The van der Waals surface area contributed by atoms with Gasteiger partial charge in [0.15, 0.2) is 5.43 Å². The van der Waals surface area contributed by atoms with Gasteiger partial charge in [0.1, 0.15) is 17.1 Å². The van der Waals surface area contributed by atoms with Crippen LogP contribution in [0.4, 0.5) is 10.5 Å². The number of phenolic OH excluding ortho intramolecular Hbond substituents is 1. The number of carbonyl (C=O) groups is 2. The number of hydrogen-bond donors (Lipinski definition) is 5. The van der Waals surface area contributed by atoms with Crippen LogP contribution in [0.3, 0.4) is 0 Å². The molecule has 36 heavy (non-hydrogen) atoms. The van der Waals surface area contributed by atoms with Crippen LogP contribution < -0.4 is 21.4 Å². The smallest absolute Gasteiger partial charge is 0.336 e. The van der Waals surface area contributed by atoms with Gasteiger partial charge in [0.2, 0.25) is 0 Å². The molecule has 2 aliphatic rings. The van der Waals surface area contributed by atoms with Crippen molar-refractivity contribution in [2.24, 2.45) is 0 Å². The summed E-state index contributed by atoms with van der Waals surface area (Å²) in [6.45, 7) is 1.44. The number of carbonyl (C=O) groups excluding carboxylic acids is 1. The number of aromatic hydroxyl groups is 1. The van der Waals surface area contributed by atoms with Crippen molar-refractivity contribution in [1.82, 2.24) is 10.6 Å². The molecular formula is C27H27N3O6. The van der Waals surface area contributed by atoms with Crippen LogP contribution in [0.1, 0.15) is 29.6 Å². The topological polar surface area (TPSA) is 141 Å². The summed E-state index contributed by atoms with van der Waals surface area (Å²) in [6.07, 6.45) is 2.85. The number of nitrogens with one attached hydrogen (secondary N) is 3. The summed E-state index contributed by atoms with van der Waals surface area (Å²) in [5, 5.41) is 29.1. The molecule has 0 saturated heterocycles. The van der Waals surface area contributed by atoms with Gasteiger partial charge < -0.3 is 30.6 Å². The van der Waals surface area contributed by atoms with E-state index in [1.807, 2.05) is 7.05 Å². The fraction of sp³-hybridized carbons (Fsp3) is 0.222. The van der Waals surface area contributed by atoms with Crippen molar-refractivity contribution in [3.8, 4) is 28.2 Å². The van der Waals surface area contributed by atoms with E-state index in [1.54, 1.807) is 24.3 Å². The van der Waals surface area contributed by atoms with Crippen LogP contribution in [0.15, 0.2) is 63.8 Å². The summed E-state index contributed by atoms with van der Waals surface area (Å²) in [4.78, 5) is 36.5. The highest BCUT2D eigenvalue weighted by Crippen LogP contribution is 2.42. The molecule has 1 aliphatic heterocycles. The van der Waals surface area contributed by atoms with E-state index in [2.05, 4.69) is 16.0 Å². The second-order valence-corrected chi connectivity index (χ2v) is 8.43. The minimum absolute atomic E-state index is 0.0270. The van der Waals surface area contributed by atoms with Gasteiger partial charge in [-0.15, -0.1) is 0 Å². The summed E-state index contributed by atoms with van der Waals surface area (Å²) in [7, 11) is 1.90. The third kappa shape index (κ3) is 5.47. The van der Waals surface area contributed by atoms with E-state index in [1.165, 1.54) is 30.3 Å². The van der Waals surface area contributed by atoms with Gasteiger partial charge in [0.05, 0.1) is 5.56 Å². The van der Waals surface area contributed by atoms with Crippen LogP contribution in [-0.2, 0) is 0 Å². The van der Waals surface area contributed by atoms with Crippen LogP contribution in [-0.4, -0.2) is 42.4 Å². The predicted octanol–water partition coefficient (Wildman–Crippen LogP) is 4.48. The highest BCUT2D eigenvalue weighted by molar-refractivity contribution is 6.08. The average molecular weight is 490 g/mol. The van der Waals surface area contributed by atoms with E-state index in [4.69, 9.17) is 4.42 Å². The van der Waals surface area contributed by atoms with Crippen LogP contribution in [0.5, 0.6) is 5.75 Å². The Kier molecular flexibility index (Phi) is 7.50. The van der Waals surface area contributed by atoms with E-state index >= 15 is 0 Å². The maximum Gasteiger partial charge on any atom is 0.336 e. The summed E-state index contributed by atoms with van der Waals surface area (Å²) < 4.78 is 5.84. The zero-order valence-corrected chi connectivity index (χ0v) is 19.8. The van der Waals surface area contributed by atoms with Crippen molar-refractivity contribution in [2.75, 3.05) is 25.5 Å². The Morgan fingerprint density at radius 2 is 1.69 bits per heavy atom. The van der Waals surface area contributed by atoms with Crippen molar-refractivity contribution < 1.29 is 24.2 Å². The summed E-state index contributed by atoms with van der Waals surface area (Å²) in [6, 6.07) is 13.0. The molecule has 0 atom stereocenters. The first-order valence-electron chi connectivity index (χ1n) is 11.6. The van der Waals surface area contributed by atoms with Gasteiger partial charge in [-0.2, -0.15) is 0 Å². The molecule has 4 rings (SSSR count). The molecule has 0 aromatic heterocycles. The van der Waals surface area contributed by atoms with E-state index in [0.29, 0.717) is 39.9 Å². The van der Waals surface area contributed by atoms with Crippen molar-refractivity contribution in [1.29, 1.82) is 0 Å². The molecule has 0 saturated carbocycles. The summed E-state index contributed by atoms with van der Waals surface area (Å²) in [5.74, 6) is -0.941. The molecule has 2 aromatic carbocycles. The number of carboxylic acid groups (broad SMARTS) is 1. The zero-order valence-electron chi connectivity index (χ0n) is 19.8. The molecule has 1 aliphatic carbocycles. The number of carboxylic acids is 1. The molecule has 0 fully saturated rings. The molecule has 0 bridgehead atoms. The van der Waals surface area contributed by atoms with Crippen LogP contribution >= 0.6 is 0 Å². The number of urea groups is 1. The normalized spacial score (nSPS) is 11.0. The number of benzene rings is 3. The molecule has 9 nitrogen and oxygen atoms in total. The lowest BCUT2D eigenvalue weighted by Gasteiger charge is -2.17. The molecule has 0 radical (unpaired) electrons. The molecule has 0 unspecified atom stereocenters. The highest BCUT2D eigenvalue weighted by Gasteiger charge is 2.22. The van der Waals surface area contributed by atoms with Gasteiger partial charge in [-0.25, -0.2) is 9.59 Å². The number of unbranched alkanes of at least 4 members (excludes halogenated alkanes) is 2. The first kappa shape index (κ1) is 24.7. The molecule has 2 amide bonds. The van der Waals surface area contributed by atoms with Gasteiger partial charge in [-0.1, -0.05) is 12.5 Å². The molecule has 0 spiro atoms. The fourth-order valence-electron chi connectivity index (χ4n) is 4.15. The Labute approximate surface area is 207 Å². The molecular weight excluding hydrogens is 462 g/mol. The lowest BCUT2D eigenvalue weighted by Crippen LogP contribution is -2.29. The monoisotopic (exact) mass is 489 g/mol. The molecule has 5 N–H and O–H groups in total. The van der Waals surface area contributed by atoms with Gasteiger partial charge >= 0.3 is 12.0 Å². The van der Waals surface area contributed by atoms with E-state index in [-0.39, 0.29) is 22.5 Å². The van der Waals surface area contributed by atoms with Crippen LogP contribution in [0.25, 0.3) is 33.4 Å². The number of rotatable bonds is 9. The summed E-state index contributed by atoms with van der Waals surface area (Å²) >= 11 is 0. The summed E-state index contributed by atoms with van der Waals surface area (Å²) in [5.41, 5.74) is 1.81. The van der Waals surface area contributed by atoms with E-state index in [9.17, 15) is 24.6 Å². The van der Waals surface area contributed by atoms with Gasteiger partial charge in [0, 0.05) is 40.9 Å². The Morgan fingerprint density at radius 3 is 2.47 bits per heavy atom. The number of amides is 2. The maximum absolute atomic E-state index is 12.3. The number of hydrogen-bond acceptors (Lipinski definition) is 6.